The van der Waals surface area contributed by atoms with Gasteiger partial charge in [0.05, 0.1) is 23.9 Å². The summed E-state index contributed by atoms with van der Waals surface area (Å²) in [5.41, 5.74) is 0.594. The van der Waals surface area contributed by atoms with Crippen LogP contribution < -0.4 is 5.32 Å². The Hall–Kier alpha value is -2.17. The van der Waals surface area contributed by atoms with Crippen LogP contribution in [0.3, 0.4) is 0 Å². The van der Waals surface area contributed by atoms with E-state index in [0.717, 1.165) is 25.1 Å². The fraction of sp³-hybridized carbons (Fsp3) is 0.800. The summed E-state index contributed by atoms with van der Waals surface area (Å²) in [6.45, 7) is 14.4. The van der Waals surface area contributed by atoms with Crippen LogP contribution in [0.4, 0.5) is 13.2 Å². The van der Waals surface area contributed by atoms with Crippen LogP contribution in [0.5, 0.6) is 0 Å². The summed E-state index contributed by atoms with van der Waals surface area (Å²) in [7, 11) is 1.88. The van der Waals surface area contributed by atoms with Crippen molar-refractivity contribution in [2.45, 2.75) is 84.6 Å². The number of alkyl halides is 3. The van der Waals surface area contributed by atoms with Gasteiger partial charge in [0.1, 0.15) is 0 Å². The van der Waals surface area contributed by atoms with Crippen LogP contribution in [0.25, 0.3) is 0 Å². The monoisotopic (exact) mass is 449 g/mol. The molecule has 1 aliphatic heterocycles. The number of hydrogen-bond acceptors (Lipinski definition) is 5. The van der Waals surface area contributed by atoms with Gasteiger partial charge in [-0.05, 0) is 53.0 Å². The molecule has 1 amide bonds. The zero-order valence-corrected chi connectivity index (χ0v) is 19.3. The molecule has 178 valence electrons. The number of carboxylic acids is 1. The smallest absolute Gasteiger partial charge is 0.475 e. The number of likely N-dealkylation sites (tertiary alicyclic amines) is 1. The minimum Gasteiger partial charge on any atom is -0.475 e. The van der Waals surface area contributed by atoms with Crippen molar-refractivity contribution in [1.82, 2.24) is 25.2 Å². The van der Waals surface area contributed by atoms with Gasteiger partial charge in [0.15, 0.2) is 0 Å². The lowest BCUT2D eigenvalue weighted by Crippen LogP contribution is -2.56. The van der Waals surface area contributed by atoms with Crippen molar-refractivity contribution in [2.75, 3.05) is 13.6 Å². The summed E-state index contributed by atoms with van der Waals surface area (Å²) in [6, 6.07) is 0. The van der Waals surface area contributed by atoms with Gasteiger partial charge in [-0.15, -0.1) is 5.10 Å². The summed E-state index contributed by atoms with van der Waals surface area (Å²) in [4.78, 5) is 24.0. The fourth-order valence-electron chi connectivity index (χ4n) is 3.33. The Morgan fingerprint density at radius 3 is 2.23 bits per heavy atom. The highest BCUT2D eigenvalue weighted by atomic mass is 19.4. The second-order valence-corrected chi connectivity index (χ2v) is 9.93. The van der Waals surface area contributed by atoms with Crippen LogP contribution in [0.1, 0.15) is 66.5 Å². The van der Waals surface area contributed by atoms with Crippen molar-refractivity contribution in [3.05, 3.63) is 11.9 Å². The van der Waals surface area contributed by atoms with Gasteiger partial charge in [-0.25, -0.2) is 9.48 Å². The number of carboxylic acid groups (broad SMARTS) is 1. The molecule has 11 heteroatoms. The van der Waals surface area contributed by atoms with E-state index in [2.05, 4.69) is 48.2 Å². The predicted molar refractivity (Wildman–Crippen MR) is 109 cm³/mol. The van der Waals surface area contributed by atoms with Crippen molar-refractivity contribution in [1.29, 1.82) is 0 Å². The maximum absolute atomic E-state index is 13.1. The molecule has 1 aromatic heterocycles. The molecule has 0 atom stereocenters. The molecule has 1 aliphatic rings. The molecule has 1 saturated heterocycles. The first-order valence-corrected chi connectivity index (χ1v) is 10.1. The third kappa shape index (κ3) is 7.79. The van der Waals surface area contributed by atoms with Gasteiger partial charge in [-0.2, -0.15) is 13.2 Å². The second kappa shape index (κ2) is 9.54. The molecule has 0 unspecified atom stereocenters. The van der Waals surface area contributed by atoms with E-state index < -0.39 is 17.7 Å². The number of amides is 1. The Kier molecular flexibility index (Phi) is 8.27. The highest BCUT2D eigenvalue weighted by Crippen LogP contribution is 2.38. The van der Waals surface area contributed by atoms with Crippen LogP contribution in [-0.4, -0.2) is 62.2 Å². The van der Waals surface area contributed by atoms with Crippen LogP contribution in [0, 0.1) is 5.41 Å². The van der Waals surface area contributed by atoms with Crippen LogP contribution in [0.2, 0.25) is 0 Å². The van der Waals surface area contributed by atoms with Gasteiger partial charge in [-0.3, -0.25) is 4.79 Å². The average molecular weight is 450 g/mol. The molecular weight excluding hydrogens is 415 g/mol. The number of piperidine rings is 1. The molecule has 0 spiro atoms. The number of hydrogen-bond donors (Lipinski definition) is 2. The minimum atomic E-state index is -5.08. The van der Waals surface area contributed by atoms with Crippen LogP contribution in [-0.2, 0) is 21.7 Å². The molecule has 2 heterocycles. The van der Waals surface area contributed by atoms with E-state index in [4.69, 9.17) is 9.90 Å². The van der Waals surface area contributed by atoms with Crippen molar-refractivity contribution >= 4 is 11.9 Å². The summed E-state index contributed by atoms with van der Waals surface area (Å²) >= 11 is 0. The topological polar surface area (TPSA) is 100 Å². The summed E-state index contributed by atoms with van der Waals surface area (Å²) in [5, 5.41) is 18.6. The zero-order chi connectivity index (χ0) is 24.3. The summed E-state index contributed by atoms with van der Waals surface area (Å²) in [6.07, 6.45) is -0.532. The lowest BCUT2D eigenvalue weighted by Gasteiger charge is -2.49. The minimum absolute atomic E-state index is 0.0810. The molecule has 1 fully saturated rings. The normalized spacial score (nSPS) is 18.2. The first-order valence-electron chi connectivity index (χ1n) is 10.1. The molecule has 8 nitrogen and oxygen atoms in total. The summed E-state index contributed by atoms with van der Waals surface area (Å²) < 4.78 is 33.6. The third-order valence-electron chi connectivity index (χ3n) is 5.38. The number of carbonyl (C=O) groups is 2. The van der Waals surface area contributed by atoms with Gasteiger partial charge >= 0.3 is 12.1 Å². The first-order chi connectivity index (χ1) is 13.9. The van der Waals surface area contributed by atoms with E-state index in [1.807, 2.05) is 31.8 Å². The second-order valence-electron chi connectivity index (χ2n) is 9.93. The van der Waals surface area contributed by atoms with Crippen molar-refractivity contribution in [3.8, 4) is 0 Å². The van der Waals surface area contributed by atoms with Gasteiger partial charge in [0.2, 0.25) is 5.91 Å². The molecule has 31 heavy (non-hydrogen) atoms. The molecular formula is C20H34F3N5O3. The largest absolute Gasteiger partial charge is 0.490 e. The van der Waals surface area contributed by atoms with Gasteiger partial charge in [0.25, 0.3) is 0 Å². The predicted octanol–water partition coefficient (Wildman–Crippen LogP) is 3.18. The number of halogens is 3. The number of aromatic nitrogens is 3. The first kappa shape index (κ1) is 26.9. The van der Waals surface area contributed by atoms with Gasteiger partial charge in [-0.1, -0.05) is 19.1 Å². The van der Waals surface area contributed by atoms with Crippen LogP contribution >= 0.6 is 0 Å². The number of nitrogens with one attached hydrogen (secondary N) is 1. The quantitative estimate of drug-likeness (QED) is 0.716. The molecule has 2 N–H and O–H groups in total. The molecule has 0 saturated carbocycles. The van der Waals surface area contributed by atoms with Gasteiger partial charge in [0, 0.05) is 18.6 Å². The van der Waals surface area contributed by atoms with E-state index in [-0.39, 0.29) is 16.9 Å². The molecule has 2 rings (SSSR count). The molecule has 0 bridgehead atoms. The number of nitrogens with zero attached hydrogens (tertiary/aromatic N) is 4. The van der Waals surface area contributed by atoms with Gasteiger partial charge < -0.3 is 15.3 Å². The molecule has 0 aliphatic carbocycles. The van der Waals surface area contributed by atoms with Crippen molar-refractivity contribution in [3.63, 3.8) is 0 Å². The average Bonchev–Trinajstić information content (AvgIpc) is 3.07. The highest BCUT2D eigenvalue weighted by Gasteiger charge is 2.42. The lowest BCUT2D eigenvalue weighted by atomic mass is 9.76. The van der Waals surface area contributed by atoms with Crippen LogP contribution in [0.15, 0.2) is 6.20 Å². The highest BCUT2D eigenvalue weighted by molar-refractivity contribution is 5.78. The van der Waals surface area contributed by atoms with E-state index >= 15 is 0 Å². The van der Waals surface area contributed by atoms with Crippen molar-refractivity contribution in [2.24, 2.45) is 5.41 Å². The SMILES string of the molecule is CNCc1cn(C(C)(C)CC(=O)N2CC(C)(C)CCC2(C)C)nn1.O=C(O)C(F)(F)F. The Morgan fingerprint density at radius 1 is 1.19 bits per heavy atom. The number of carbonyl (C=O) groups excluding carboxylic acids is 1. The Bertz CT molecular complexity index is 772. The van der Waals surface area contributed by atoms with E-state index in [0.29, 0.717) is 13.0 Å². The van der Waals surface area contributed by atoms with E-state index in [1.165, 1.54) is 0 Å². The molecule has 0 aromatic carbocycles. The Morgan fingerprint density at radius 2 is 1.74 bits per heavy atom. The van der Waals surface area contributed by atoms with E-state index in [1.54, 1.807) is 0 Å². The van der Waals surface area contributed by atoms with Crippen molar-refractivity contribution < 1.29 is 27.9 Å². The standard InChI is InChI=1S/C18H33N5O.C2HF3O2/c1-16(2)8-9-17(3,4)22(13-16)15(24)10-18(5,6)23-12-14(11-19-7)20-21-23;3-2(4,5)1(6)7/h12,19H,8-11,13H2,1-7H3;(H,6,7). The maximum Gasteiger partial charge on any atom is 0.490 e. The molecule has 0 radical (unpaired) electrons. The zero-order valence-electron chi connectivity index (χ0n) is 19.3. The molecule has 1 aromatic rings. The Labute approximate surface area is 181 Å². The Balaban J connectivity index is 0.000000592. The van der Waals surface area contributed by atoms with E-state index in [9.17, 15) is 18.0 Å². The number of aliphatic carboxylic acids is 1. The third-order valence-corrected chi connectivity index (χ3v) is 5.38. The summed E-state index contributed by atoms with van der Waals surface area (Å²) in [5.74, 6) is -2.56. The fourth-order valence-corrected chi connectivity index (χ4v) is 3.33. The maximum atomic E-state index is 13.1. The lowest BCUT2D eigenvalue weighted by molar-refractivity contribution is -0.192. The number of rotatable bonds is 5.